The normalized spacial score (nSPS) is 10.2. The number of carbonyl (C=O) groups excluding carboxylic acids is 1. The van der Waals surface area contributed by atoms with Gasteiger partial charge in [-0.25, -0.2) is 4.79 Å². The molecule has 3 N–H and O–H groups in total. The number of esters is 1. The van der Waals surface area contributed by atoms with E-state index in [-0.39, 0.29) is 5.97 Å². The highest BCUT2D eigenvalue weighted by molar-refractivity contribution is 7.09. The molecule has 0 saturated carbocycles. The van der Waals surface area contributed by atoms with Gasteiger partial charge in [0, 0.05) is 11.4 Å². The van der Waals surface area contributed by atoms with Gasteiger partial charge in [-0.1, -0.05) is 6.07 Å². The summed E-state index contributed by atoms with van der Waals surface area (Å²) in [6.45, 7) is 2.95. The summed E-state index contributed by atoms with van der Waals surface area (Å²) in [7, 11) is 0. The number of nitrogen functional groups attached to an aromatic ring is 1. The molecule has 0 unspecified atom stereocenters. The number of carbonyl (C=O) groups is 1. The molecule has 1 heterocycles. The first-order valence-electron chi connectivity index (χ1n) is 6.53. The molecule has 0 aliphatic rings. The number of thiophene rings is 1. The van der Waals surface area contributed by atoms with Gasteiger partial charge in [-0.3, -0.25) is 0 Å². The van der Waals surface area contributed by atoms with E-state index >= 15 is 0 Å². The van der Waals surface area contributed by atoms with Crippen LogP contribution in [0.15, 0.2) is 35.7 Å². The van der Waals surface area contributed by atoms with Crippen molar-refractivity contribution in [3.05, 3.63) is 46.2 Å². The molecule has 2 aromatic rings. The molecular formula is C15H18N2O2S. The Morgan fingerprint density at radius 1 is 1.40 bits per heavy atom. The number of hydrogen-bond acceptors (Lipinski definition) is 5. The van der Waals surface area contributed by atoms with Crippen LogP contribution in [-0.2, 0) is 11.2 Å². The van der Waals surface area contributed by atoms with E-state index in [4.69, 9.17) is 10.5 Å². The number of hydrogen-bond donors (Lipinski definition) is 2. The highest BCUT2D eigenvalue weighted by atomic mass is 32.1. The highest BCUT2D eigenvalue weighted by Crippen LogP contribution is 2.20. The maximum absolute atomic E-state index is 11.6. The van der Waals surface area contributed by atoms with Gasteiger partial charge in [-0.2, -0.15) is 0 Å². The third kappa shape index (κ3) is 3.74. The van der Waals surface area contributed by atoms with Crippen molar-refractivity contribution in [1.82, 2.24) is 0 Å². The summed E-state index contributed by atoms with van der Waals surface area (Å²) in [5.74, 6) is -0.343. The van der Waals surface area contributed by atoms with Crippen molar-refractivity contribution in [3.63, 3.8) is 0 Å². The molecule has 4 nitrogen and oxygen atoms in total. The molecule has 2 rings (SSSR count). The molecule has 0 bridgehead atoms. The minimum atomic E-state index is -0.343. The Kier molecular flexibility index (Phi) is 5.01. The summed E-state index contributed by atoms with van der Waals surface area (Å²) in [6, 6.07) is 9.34. The lowest BCUT2D eigenvalue weighted by atomic mass is 10.1. The van der Waals surface area contributed by atoms with Crippen LogP contribution in [0, 0.1) is 0 Å². The van der Waals surface area contributed by atoms with Gasteiger partial charge in [0.25, 0.3) is 0 Å². The fourth-order valence-electron chi connectivity index (χ4n) is 1.84. The molecule has 106 valence electrons. The van der Waals surface area contributed by atoms with Crippen LogP contribution in [0.1, 0.15) is 22.2 Å². The van der Waals surface area contributed by atoms with Crippen molar-refractivity contribution in [2.75, 3.05) is 24.2 Å². The van der Waals surface area contributed by atoms with Gasteiger partial charge in [-0.05, 0) is 43.0 Å². The lowest BCUT2D eigenvalue weighted by molar-refractivity contribution is 0.0526. The molecule has 5 heteroatoms. The molecule has 0 radical (unpaired) electrons. The highest BCUT2D eigenvalue weighted by Gasteiger charge is 2.08. The Hall–Kier alpha value is -2.01. The van der Waals surface area contributed by atoms with Gasteiger partial charge in [0.05, 0.1) is 23.5 Å². The molecule has 0 fully saturated rings. The van der Waals surface area contributed by atoms with E-state index < -0.39 is 0 Å². The summed E-state index contributed by atoms with van der Waals surface area (Å²) in [5.41, 5.74) is 7.83. The van der Waals surface area contributed by atoms with E-state index in [1.165, 1.54) is 4.88 Å². The van der Waals surface area contributed by atoms with Crippen LogP contribution < -0.4 is 11.1 Å². The quantitative estimate of drug-likeness (QED) is 0.633. The van der Waals surface area contributed by atoms with E-state index in [9.17, 15) is 4.79 Å². The van der Waals surface area contributed by atoms with E-state index in [1.807, 2.05) is 12.1 Å². The summed E-state index contributed by atoms with van der Waals surface area (Å²) in [5, 5.41) is 5.35. The monoisotopic (exact) mass is 290 g/mol. The van der Waals surface area contributed by atoms with Crippen LogP contribution in [0.5, 0.6) is 0 Å². The van der Waals surface area contributed by atoms with E-state index in [0.717, 1.165) is 18.7 Å². The minimum Gasteiger partial charge on any atom is -0.462 e. The Bertz CT molecular complexity index is 567. The van der Waals surface area contributed by atoms with Crippen molar-refractivity contribution in [2.45, 2.75) is 13.3 Å². The number of anilines is 2. The third-order valence-corrected chi connectivity index (χ3v) is 3.77. The van der Waals surface area contributed by atoms with Gasteiger partial charge >= 0.3 is 5.97 Å². The van der Waals surface area contributed by atoms with Crippen LogP contribution >= 0.6 is 11.3 Å². The number of rotatable bonds is 6. The largest absolute Gasteiger partial charge is 0.462 e. The maximum atomic E-state index is 11.6. The maximum Gasteiger partial charge on any atom is 0.338 e. The van der Waals surface area contributed by atoms with Crippen LogP contribution in [0.2, 0.25) is 0 Å². The molecule has 1 aromatic heterocycles. The second-order valence-electron chi connectivity index (χ2n) is 4.28. The second-order valence-corrected chi connectivity index (χ2v) is 5.31. The molecule has 0 aliphatic carbocycles. The Labute approximate surface area is 122 Å². The van der Waals surface area contributed by atoms with E-state index in [2.05, 4.69) is 16.8 Å². The Morgan fingerprint density at radius 2 is 2.25 bits per heavy atom. The number of nitrogens with one attached hydrogen (secondary N) is 1. The first kappa shape index (κ1) is 14.4. The van der Waals surface area contributed by atoms with E-state index in [0.29, 0.717) is 17.9 Å². The smallest absolute Gasteiger partial charge is 0.338 e. The SMILES string of the molecule is CCOC(=O)c1ccc(NCCc2cccs2)c(N)c1. The zero-order chi connectivity index (χ0) is 14.4. The van der Waals surface area contributed by atoms with Crippen molar-refractivity contribution >= 4 is 28.7 Å². The van der Waals surface area contributed by atoms with Crippen molar-refractivity contribution < 1.29 is 9.53 Å². The van der Waals surface area contributed by atoms with E-state index in [1.54, 1.807) is 30.4 Å². The lowest BCUT2D eigenvalue weighted by Crippen LogP contribution is -2.09. The molecule has 1 aromatic carbocycles. The van der Waals surface area contributed by atoms with Gasteiger partial charge in [-0.15, -0.1) is 11.3 Å². The zero-order valence-corrected chi connectivity index (χ0v) is 12.2. The fraction of sp³-hybridized carbons (Fsp3) is 0.267. The van der Waals surface area contributed by atoms with Crippen molar-refractivity contribution in [2.24, 2.45) is 0 Å². The van der Waals surface area contributed by atoms with Gasteiger partial charge < -0.3 is 15.8 Å². The number of ether oxygens (including phenoxy) is 1. The average molecular weight is 290 g/mol. The predicted octanol–water partition coefficient (Wildman–Crippen LogP) is 3.16. The molecule has 20 heavy (non-hydrogen) atoms. The Morgan fingerprint density at radius 3 is 2.90 bits per heavy atom. The molecular weight excluding hydrogens is 272 g/mol. The second kappa shape index (κ2) is 6.96. The molecule has 0 aliphatic heterocycles. The fourth-order valence-corrected chi connectivity index (χ4v) is 2.55. The lowest BCUT2D eigenvalue weighted by Gasteiger charge is -2.10. The van der Waals surface area contributed by atoms with Crippen LogP contribution in [0.3, 0.4) is 0 Å². The van der Waals surface area contributed by atoms with Gasteiger partial charge in [0.1, 0.15) is 0 Å². The molecule has 0 spiro atoms. The average Bonchev–Trinajstić information content (AvgIpc) is 2.94. The number of nitrogens with two attached hydrogens (primary N) is 1. The number of benzene rings is 1. The Balaban J connectivity index is 1.93. The van der Waals surface area contributed by atoms with Gasteiger partial charge in [0.15, 0.2) is 0 Å². The van der Waals surface area contributed by atoms with Crippen molar-refractivity contribution in [1.29, 1.82) is 0 Å². The third-order valence-electron chi connectivity index (χ3n) is 2.83. The summed E-state index contributed by atoms with van der Waals surface area (Å²) in [6.07, 6.45) is 0.955. The standard InChI is InChI=1S/C15H18N2O2S/c1-2-19-15(18)11-5-6-14(13(16)10-11)17-8-7-12-4-3-9-20-12/h3-6,9-10,17H,2,7-8,16H2,1H3. The zero-order valence-electron chi connectivity index (χ0n) is 11.4. The molecule has 0 saturated heterocycles. The molecule has 0 amide bonds. The van der Waals surface area contributed by atoms with Crippen molar-refractivity contribution in [3.8, 4) is 0 Å². The van der Waals surface area contributed by atoms with Crippen LogP contribution in [-0.4, -0.2) is 19.1 Å². The summed E-state index contributed by atoms with van der Waals surface area (Å²) >= 11 is 1.74. The predicted molar refractivity (Wildman–Crippen MR) is 83.3 cm³/mol. The summed E-state index contributed by atoms with van der Waals surface area (Å²) < 4.78 is 4.94. The first-order valence-corrected chi connectivity index (χ1v) is 7.41. The minimum absolute atomic E-state index is 0.343. The van der Waals surface area contributed by atoms with Gasteiger partial charge in [0.2, 0.25) is 0 Å². The molecule has 0 atom stereocenters. The van der Waals surface area contributed by atoms with Crippen LogP contribution in [0.4, 0.5) is 11.4 Å². The van der Waals surface area contributed by atoms with Crippen LogP contribution in [0.25, 0.3) is 0 Å². The first-order chi connectivity index (χ1) is 9.70. The topological polar surface area (TPSA) is 64.3 Å². The summed E-state index contributed by atoms with van der Waals surface area (Å²) in [4.78, 5) is 12.9.